The highest BCUT2D eigenvalue weighted by molar-refractivity contribution is 5.77. The van der Waals surface area contributed by atoms with Crippen LogP contribution in [-0.4, -0.2) is 46.9 Å². The van der Waals surface area contributed by atoms with Gasteiger partial charge in [-0.1, -0.05) is 236 Å². The van der Waals surface area contributed by atoms with Gasteiger partial charge in [-0.05, 0) is 64.2 Å². The first-order chi connectivity index (χ1) is 30.0. The lowest BCUT2D eigenvalue weighted by molar-refractivity contribution is -0.151. The summed E-state index contributed by atoms with van der Waals surface area (Å²) < 4.78 is 5.91. The lowest BCUT2D eigenvalue weighted by Gasteiger charge is -2.24. The molecule has 3 unspecified atom stereocenters. The second-order valence-electron chi connectivity index (χ2n) is 17.9. The Balaban J connectivity index is 4.65. The van der Waals surface area contributed by atoms with Gasteiger partial charge < -0.3 is 20.3 Å². The zero-order valence-corrected chi connectivity index (χ0v) is 40.5. The number of esters is 1. The smallest absolute Gasteiger partial charge is 0.306 e. The topological polar surface area (TPSA) is 95.9 Å². The van der Waals surface area contributed by atoms with Gasteiger partial charge >= 0.3 is 5.97 Å². The third-order valence-corrected chi connectivity index (χ3v) is 11.9. The van der Waals surface area contributed by atoms with Gasteiger partial charge in [0.05, 0.1) is 25.2 Å². The first-order valence-corrected chi connectivity index (χ1v) is 26.4. The lowest BCUT2D eigenvalue weighted by Crippen LogP contribution is -2.46. The molecular weight excluding hydrogens is 755 g/mol. The van der Waals surface area contributed by atoms with Gasteiger partial charge in [-0.2, -0.15) is 0 Å². The quantitative estimate of drug-likeness (QED) is 0.0322. The van der Waals surface area contributed by atoms with Crippen molar-refractivity contribution in [2.45, 2.75) is 283 Å². The van der Waals surface area contributed by atoms with E-state index >= 15 is 0 Å². The van der Waals surface area contributed by atoms with E-state index in [4.69, 9.17) is 4.74 Å². The first-order valence-electron chi connectivity index (χ1n) is 26.4. The maximum absolute atomic E-state index is 13.2. The predicted octanol–water partition coefficient (Wildman–Crippen LogP) is 15.8. The average Bonchev–Trinajstić information content (AvgIpc) is 3.25. The van der Waals surface area contributed by atoms with Crippen LogP contribution in [0.1, 0.15) is 265 Å². The largest absolute Gasteiger partial charge is 0.462 e. The van der Waals surface area contributed by atoms with E-state index < -0.39 is 18.2 Å². The summed E-state index contributed by atoms with van der Waals surface area (Å²) in [7, 11) is 0. The minimum Gasteiger partial charge on any atom is -0.462 e. The zero-order chi connectivity index (χ0) is 44.5. The third kappa shape index (κ3) is 44.2. The van der Waals surface area contributed by atoms with E-state index in [1.165, 1.54) is 148 Å². The Labute approximate surface area is 378 Å². The van der Waals surface area contributed by atoms with E-state index in [-0.39, 0.29) is 24.9 Å². The summed E-state index contributed by atoms with van der Waals surface area (Å²) in [5.41, 5.74) is 0. The Bertz CT molecular complexity index is 1050. The number of ether oxygens (including phenoxy) is 1. The molecule has 61 heavy (non-hydrogen) atoms. The van der Waals surface area contributed by atoms with Crippen molar-refractivity contribution in [3.8, 4) is 0 Å². The summed E-state index contributed by atoms with van der Waals surface area (Å²) >= 11 is 0. The van der Waals surface area contributed by atoms with Crippen LogP contribution in [0.2, 0.25) is 0 Å². The SMILES string of the molecule is CCCCC/C=C\C/C=C\C/C=C\C/C=C\CCCC(CC(=O)NC(CO)C(O)CCCCCCCCCCC)OC(=O)CCCCCCCCCCCCCCCCCC. The van der Waals surface area contributed by atoms with Crippen LogP contribution in [0.15, 0.2) is 48.6 Å². The molecule has 0 bridgehead atoms. The molecule has 0 heterocycles. The summed E-state index contributed by atoms with van der Waals surface area (Å²) in [6, 6.07) is -0.716. The van der Waals surface area contributed by atoms with Crippen LogP contribution in [0.5, 0.6) is 0 Å². The van der Waals surface area contributed by atoms with Crippen molar-refractivity contribution in [2.24, 2.45) is 0 Å². The Morgan fingerprint density at radius 3 is 1.30 bits per heavy atom. The summed E-state index contributed by atoms with van der Waals surface area (Å²) in [5.74, 6) is -0.520. The molecule has 3 N–H and O–H groups in total. The molecule has 0 aliphatic rings. The van der Waals surface area contributed by atoms with Crippen molar-refractivity contribution in [1.29, 1.82) is 0 Å². The van der Waals surface area contributed by atoms with Gasteiger partial charge in [0.2, 0.25) is 5.91 Å². The van der Waals surface area contributed by atoms with Crippen LogP contribution in [0, 0.1) is 0 Å². The summed E-state index contributed by atoms with van der Waals surface area (Å²) in [5, 5.41) is 23.7. The second kappa shape index (κ2) is 48.8. The van der Waals surface area contributed by atoms with Crippen molar-refractivity contribution in [2.75, 3.05) is 6.61 Å². The molecule has 0 aliphatic heterocycles. The van der Waals surface area contributed by atoms with Crippen LogP contribution < -0.4 is 5.32 Å². The van der Waals surface area contributed by atoms with Crippen molar-refractivity contribution in [3.05, 3.63) is 48.6 Å². The monoisotopic (exact) mass is 856 g/mol. The van der Waals surface area contributed by atoms with Gasteiger partial charge in [-0.25, -0.2) is 0 Å². The van der Waals surface area contributed by atoms with Gasteiger partial charge in [0, 0.05) is 6.42 Å². The number of hydrogen-bond acceptors (Lipinski definition) is 5. The molecule has 356 valence electrons. The van der Waals surface area contributed by atoms with Crippen LogP contribution in [0.25, 0.3) is 0 Å². The minimum atomic E-state index is -0.799. The van der Waals surface area contributed by atoms with Gasteiger partial charge in [0.25, 0.3) is 0 Å². The molecule has 0 aromatic rings. The average molecular weight is 856 g/mol. The number of hydrogen-bond donors (Lipinski definition) is 3. The molecule has 0 saturated carbocycles. The number of aliphatic hydroxyl groups excluding tert-OH is 2. The van der Waals surface area contributed by atoms with E-state index in [1.54, 1.807) is 0 Å². The van der Waals surface area contributed by atoms with Crippen molar-refractivity contribution >= 4 is 11.9 Å². The predicted molar refractivity (Wildman–Crippen MR) is 264 cm³/mol. The Morgan fingerprint density at radius 1 is 0.475 bits per heavy atom. The van der Waals surface area contributed by atoms with Crippen LogP contribution >= 0.6 is 0 Å². The van der Waals surface area contributed by atoms with Crippen LogP contribution in [0.4, 0.5) is 0 Å². The fourth-order valence-corrected chi connectivity index (χ4v) is 7.89. The van der Waals surface area contributed by atoms with Gasteiger partial charge in [-0.3, -0.25) is 9.59 Å². The van der Waals surface area contributed by atoms with Crippen LogP contribution in [0.3, 0.4) is 0 Å². The zero-order valence-electron chi connectivity index (χ0n) is 40.5. The first kappa shape index (κ1) is 58.8. The fourth-order valence-electron chi connectivity index (χ4n) is 7.89. The fraction of sp³-hybridized carbons (Fsp3) is 0.818. The molecule has 0 radical (unpaired) electrons. The van der Waals surface area contributed by atoms with E-state index in [9.17, 15) is 19.8 Å². The number of amides is 1. The lowest BCUT2D eigenvalue weighted by atomic mass is 10.0. The molecule has 0 aliphatic carbocycles. The van der Waals surface area contributed by atoms with Crippen molar-refractivity contribution in [1.82, 2.24) is 5.32 Å². The molecule has 1 amide bonds. The van der Waals surface area contributed by atoms with Gasteiger partial charge in [-0.15, -0.1) is 0 Å². The second-order valence-corrected chi connectivity index (χ2v) is 17.9. The van der Waals surface area contributed by atoms with E-state index in [2.05, 4.69) is 74.7 Å². The molecule has 0 fully saturated rings. The highest BCUT2D eigenvalue weighted by Gasteiger charge is 2.24. The number of rotatable bonds is 47. The van der Waals surface area contributed by atoms with Gasteiger partial charge in [0.15, 0.2) is 0 Å². The Morgan fingerprint density at radius 2 is 0.852 bits per heavy atom. The molecular formula is C55H101NO5. The van der Waals surface area contributed by atoms with Crippen molar-refractivity contribution < 1.29 is 24.5 Å². The highest BCUT2D eigenvalue weighted by Crippen LogP contribution is 2.17. The Hall–Kier alpha value is -2.18. The molecule has 3 atom stereocenters. The molecule has 0 rings (SSSR count). The summed E-state index contributed by atoms with van der Waals surface area (Å²) in [4.78, 5) is 26.1. The molecule has 6 heteroatoms. The minimum absolute atomic E-state index is 0.0422. The van der Waals surface area contributed by atoms with Crippen molar-refractivity contribution in [3.63, 3.8) is 0 Å². The maximum Gasteiger partial charge on any atom is 0.306 e. The number of carbonyl (C=O) groups is 2. The summed E-state index contributed by atoms with van der Waals surface area (Å²) in [6.07, 6.45) is 58.9. The number of nitrogens with one attached hydrogen (secondary N) is 1. The number of carbonyl (C=O) groups excluding carboxylic acids is 2. The number of unbranched alkanes of at least 4 members (excludes halogenated alkanes) is 27. The van der Waals surface area contributed by atoms with Crippen LogP contribution in [-0.2, 0) is 14.3 Å². The molecule has 0 saturated heterocycles. The maximum atomic E-state index is 13.2. The number of aliphatic hydroxyl groups is 2. The number of allylic oxidation sites excluding steroid dienone is 8. The summed E-state index contributed by atoms with van der Waals surface area (Å²) in [6.45, 7) is 6.43. The standard InChI is InChI=1S/C55H101NO5/c1-4-7-10-13-16-19-21-23-25-27-28-30-32-35-37-40-43-46-51(49-54(59)56-52(50-57)53(58)47-44-41-38-34-18-15-12-9-6-3)61-55(60)48-45-42-39-36-33-31-29-26-24-22-20-17-14-11-8-5-2/h16,19,23,25,28,30,35,37,51-53,57-58H,4-15,17-18,20-22,24,26-27,29,31-34,36,38-50H2,1-3H3,(H,56,59)/b19-16-,25-23-,30-28-,37-35-. The molecule has 6 nitrogen and oxygen atoms in total. The Kier molecular flexibility index (Phi) is 47.1. The van der Waals surface area contributed by atoms with E-state index in [0.717, 1.165) is 70.6 Å². The third-order valence-electron chi connectivity index (χ3n) is 11.9. The van der Waals surface area contributed by atoms with Gasteiger partial charge in [0.1, 0.15) is 6.10 Å². The van der Waals surface area contributed by atoms with E-state index in [1.807, 2.05) is 0 Å². The highest BCUT2D eigenvalue weighted by atomic mass is 16.5. The molecule has 0 spiro atoms. The normalized spacial score (nSPS) is 13.6. The molecule has 0 aromatic heterocycles. The molecule has 0 aromatic carbocycles. The van der Waals surface area contributed by atoms with E-state index in [0.29, 0.717) is 19.3 Å².